The molecule has 27 heavy (non-hydrogen) atoms. The van der Waals surface area contributed by atoms with E-state index in [0.717, 1.165) is 22.4 Å². The van der Waals surface area contributed by atoms with Crippen molar-refractivity contribution in [3.05, 3.63) is 64.5 Å². The molecular formula is C19H17N5O2S. The molecule has 0 unspecified atom stereocenters. The third-order valence-corrected chi connectivity index (χ3v) is 5.03. The van der Waals surface area contributed by atoms with Gasteiger partial charge in [-0.25, -0.2) is 4.52 Å². The van der Waals surface area contributed by atoms with Crippen LogP contribution in [0.15, 0.2) is 54.0 Å². The largest absolute Gasteiger partial charge is 0.497 e. The Morgan fingerprint density at radius 3 is 3.00 bits per heavy atom. The van der Waals surface area contributed by atoms with Crippen molar-refractivity contribution in [2.75, 3.05) is 12.8 Å². The first-order valence-corrected chi connectivity index (χ1v) is 9.12. The molecule has 0 radical (unpaired) electrons. The quantitative estimate of drug-likeness (QED) is 0.556. The van der Waals surface area contributed by atoms with Gasteiger partial charge in [-0.1, -0.05) is 12.1 Å². The lowest BCUT2D eigenvalue weighted by atomic mass is 10.1. The van der Waals surface area contributed by atoms with Crippen molar-refractivity contribution >= 4 is 28.8 Å². The second-order valence-corrected chi connectivity index (χ2v) is 6.83. The molecule has 0 aliphatic rings. The number of nitrogens with two attached hydrogens (primary N) is 1. The van der Waals surface area contributed by atoms with Gasteiger partial charge in [-0.3, -0.25) is 4.79 Å². The van der Waals surface area contributed by atoms with Gasteiger partial charge < -0.3 is 15.8 Å². The van der Waals surface area contributed by atoms with E-state index in [2.05, 4.69) is 15.4 Å². The van der Waals surface area contributed by atoms with Gasteiger partial charge in [0.1, 0.15) is 5.75 Å². The molecule has 3 N–H and O–H groups in total. The summed E-state index contributed by atoms with van der Waals surface area (Å²) in [5.41, 5.74) is 9.18. The Morgan fingerprint density at radius 2 is 2.15 bits per heavy atom. The maximum atomic E-state index is 12.5. The van der Waals surface area contributed by atoms with E-state index in [4.69, 9.17) is 10.5 Å². The fraction of sp³-hybridized carbons (Fsp3) is 0.105. The first-order chi connectivity index (χ1) is 13.1. The summed E-state index contributed by atoms with van der Waals surface area (Å²) in [7, 11) is 1.62. The minimum absolute atomic E-state index is 0.109. The number of nitrogen functional groups attached to an aromatic ring is 1. The number of hydrogen-bond donors (Lipinski definition) is 2. The molecule has 0 fully saturated rings. The molecule has 0 saturated heterocycles. The average molecular weight is 379 g/mol. The van der Waals surface area contributed by atoms with E-state index in [1.54, 1.807) is 17.8 Å². The summed E-state index contributed by atoms with van der Waals surface area (Å²) in [6.07, 6.45) is 1.80. The van der Waals surface area contributed by atoms with Gasteiger partial charge in [-0.05, 0) is 52.4 Å². The normalized spacial score (nSPS) is 10.9. The molecule has 3 aromatic heterocycles. The number of nitrogens with zero attached hydrogens (tertiary/aromatic N) is 3. The Balaban J connectivity index is 1.48. The minimum atomic E-state index is -0.109. The lowest BCUT2D eigenvalue weighted by Gasteiger charge is -2.06. The molecule has 7 nitrogen and oxygen atoms in total. The predicted molar refractivity (Wildman–Crippen MR) is 105 cm³/mol. The van der Waals surface area contributed by atoms with Crippen LogP contribution >= 0.6 is 11.3 Å². The van der Waals surface area contributed by atoms with Gasteiger partial charge in [0, 0.05) is 12.7 Å². The number of anilines is 1. The van der Waals surface area contributed by atoms with Crippen LogP contribution in [0.1, 0.15) is 15.2 Å². The predicted octanol–water partition coefficient (Wildman–Crippen LogP) is 2.98. The summed E-state index contributed by atoms with van der Waals surface area (Å²) in [6, 6.07) is 13.3. The first kappa shape index (κ1) is 17.0. The van der Waals surface area contributed by atoms with Crippen LogP contribution in [0.4, 0.5) is 5.95 Å². The van der Waals surface area contributed by atoms with E-state index in [-0.39, 0.29) is 11.9 Å². The highest BCUT2D eigenvalue weighted by molar-refractivity contribution is 7.12. The van der Waals surface area contributed by atoms with Gasteiger partial charge in [0.2, 0.25) is 5.95 Å². The van der Waals surface area contributed by atoms with E-state index in [1.165, 1.54) is 11.3 Å². The van der Waals surface area contributed by atoms with Gasteiger partial charge in [0.25, 0.3) is 5.91 Å². The monoisotopic (exact) mass is 379 g/mol. The minimum Gasteiger partial charge on any atom is -0.497 e. The van der Waals surface area contributed by atoms with E-state index in [1.807, 2.05) is 47.8 Å². The number of thiophene rings is 1. The molecule has 0 atom stereocenters. The standard InChI is InChI=1S/C19H17N5O2S/c1-26-15-4-2-3-12(7-15)10-21-18(25)16-8-14(11-27-16)13-5-6-24-17(9-13)22-19(20)23-24/h2-9,11H,10H2,1H3,(H2,20,23)(H,21,25). The zero-order valence-corrected chi connectivity index (χ0v) is 15.4. The highest BCUT2D eigenvalue weighted by Crippen LogP contribution is 2.26. The first-order valence-electron chi connectivity index (χ1n) is 8.24. The third-order valence-electron chi connectivity index (χ3n) is 4.10. The van der Waals surface area contributed by atoms with Gasteiger partial charge in [0.05, 0.1) is 12.0 Å². The van der Waals surface area contributed by atoms with Crippen molar-refractivity contribution in [2.45, 2.75) is 6.54 Å². The van der Waals surface area contributed by atoms with Gasteiger partial charge >= 0.3 is 0 Å². The zero-order chi connectivity index (χ0) is 18.8. The number of nitrogens with one attached hydrogen (secondary N) is 1. The number of ether oxygens (including phenoxy) is 1. The summed E-state index contributed by atoms with van der Waals surface area (Å²) in [5, 5.41) is 8.95. The number of carbonyl (C=O) groups is 1. The van der Waals surface area contributed by atoms with Crippen LogP contribution in [0.5, 0.6) is 5.75 Å². The van der Waals surface area contributed by atoms with Crippen molar-refractivity contribution in [1.82, 2.24) is 19.9 Å². The van der Waals surface area contributed by atoms with Crippen molar-refractivity contribution in [2.24, 2.45) is 0 Å². The Hall–Kier alpha value is -3.39. The number of aromatic nitrogens is 3. The number of carbonyl (C=O) groups excluding carboxylic acids is 1. The second-order valence-electron chi connectivity index (χ2n) is 5.92. The smallest absolute Gasteiger partial charge is 0.261 e. The number of amides is 1. The number of pyridine rings is 1. The van der Waals surface area contributed by atoms with Crippen LogP contribution in [-0.4, -0.2) is 27.6 Å². The highest BCUT2D eigenvalue weighted by Gasteiger charge is 2.11. The molecule has 0 saturated carbocycles. The number of hydrogen-bond acceptors (Lipinski definition) is 6. The summed E-state index contributed by atoms with van der Waals surface area (Å²) >= 11 is 1.40. The average Bonchev–Trinajstić information content (AvgIpc) is 3.31. The van der Waals surface area contributed by atoms with Crippen molar-refractivity contribution < 1.29 is 9.53 Å². The molecule has 8 heteroatoms. The highest BCUT2D eigenvalue weighted by atomic mass is 32.1. The third kappa shape index (κ3) is 3.61. The SMILES string of the molecule is COc1cccc(CNC(=O)c2cc(-c3ccn4nc(N)nc4c3)cs2)c1. The Labute approximate surface area is 159 Å². The van der Waals surface area contributed by atoms with Gasteiger partial charge in [0.15, 0.2) is 5.65 Å². The Morgan fingerprint density at radius 1 is 1.26 bits per heavy atom. The van der Waals surface area contributed by atoms with E-state index >= 15 is 0 Å². The fourth-order valence-corrected chi connectivity index (χ4v) is 3.57. The van der Waals surface area contributed by atoms with Crippen LogP contribution in [-0.2, 0) is 6.54 Å². The van der Waals surface area contributed by atoms with E-state index < -0.39 is 0 Å². The number of benzene rings is 1. The number of fused-ring (bicyclic) bond motifs is 1. The van der Waals surface area contributed by atoms with Crippen molar-refractivity contribution in [1.29, 1.82) is 0 Å². The molecule has 3 heterocycles. The molecule has 0 aliphatic carbocycles. The fourth-order valence-electron chi connectivity index (χ4n) is 2.74. The molecule has 4 aromatic rings. The van der Waals surface area contributed by atoms with Crippen LogP contribution < -0.4 is 15.8 Å². The number of methoxy groups -OCH3 is 1. The van der Waals surface area contributed by atoms with Crippen LogP contribution in [0.3, 0.4) is 0 Å². The van der Waals surface area contributed by atoms with Gasteiger partial charge in [-0.15, -0.1) is 16.4 Å². The van der Waals surface area contributed by atoms with E-state index in [9.17, 15) is 4.79 Å². The summed E-state index contributed by atoms with van der Waals surface area (Å²) in [6.45, 7) is 0.439. The molecule has 0 spiro atoms. The Bertz CT molecular complexity index is 1120. The van der Waals surface area contributed by atoms with Crippen molar-refractivity contribution in [3.8, 4) is 16.9 Å². The molecule has 1 aromatic carbocycles. The summed E-state index contributed by atoms with van der Waals surface area (Å²) in [4.78, 5) is 17.3. The summed E-state index contributed by atoms with van der Waals surface area (Å²) < 4.78 is 6.82. The van der Waals surface area contributed by atoms with Crippen molar-refractivity contribution in [3.63, 3.8) is 0 Å². The van der Waals surface area contributed by atoms with Gasteiger partial charge in [-0.2, -0.15) is 4.98 Å². The molecule has 1 amide bonds. The van der Waals surface area contributed by atoms with E-state index in [0.29, 0.717) is 17.1 Å². The van der Waals surface area contributed by atoms with Crippen LogP contribution in [0.25, 0.3) is 16.8 Å². The lowest BCUT2D eigenvalue weighted by molar-refractivity contribution is 0.0955. The summed E-state index contributed by atoms with van der Waals surface area (Å²) in [5.74, 6) is 0.890. The van der Waals surface area contributed by atoms with Crippen LogP contribution in [0, 0.1) is 0 Å². The molecular weight excluding hydrogens is 362 g/mol. The molecule has 136 valence electrons. The maximum absolute atomic E-state index is 12.5. The Kier molecular flexibility index (Phi) is 4.47. The topological polar surface area (TPSA) is 94.5 Å². The lowest BCUT2D eigenvalue weighted by Crippen LogP contribution is -2.21. The second kappa shape index (κ2) is 7.08. The zero-order valence-electron chi connectivity index (χ0n) is 14.5. The molecule has 4 rings (SSSR count). The molecule has 0 bridgehead atoms. The molecule has 0 aliphatic heterocycles. The maximum Gasteiger partial charge on any atom is 0.261 e. The number of rotatable bonds is 5. The van der Waals surface area contributed by atoms with Crippen LogP contribution in [0.2, 0.25) is 0 Å².